The van der Waals surface area contributed by atoms with Crippen LogP contribution in [-0.2, 0) is 4.79 Å². The molecule has 0 saturated carbocycles. The highest BCUT2D eigenvalue weighted by atomic mass is 32.2. The lowest BCUT2D eigenvalue weighted by molar-refractivity contribution is -0.136. The number of aliphatic carboxylic acids is 1. The van der Waals surface area contributed by atoms with E-state index in [1.54, 1.807) is 18.7 Å². The number of rotatable bonds is 5. The molecular formula is C14H13N5O3S. The Morgan fingerprint density at radius 2 is 2.22 bits per heavy atom. The molecule has 23 heavy (non-hydrogen) atoms. The van der Waals surface area contributed by atoms with Gasteiger partial charge in [-0.05, 0) is 19.1 Å². The van der Waals surface area contributed by atoms with Crippen molar-refractivity contribution in [3.63, 3.8) is 0 Å². The van der Waals surface area contributed by atoms with Crippen molar-refractivity contribution in [2.45, 2.75) is 17.2 Å². The summed E-state index contributed by atoms with van der Waals surface area (Å²) in [4.78, 5) is 19.3. The Hall–Kier alpha value is -2.68. The molecule has 0 radical (unpaired) electrons. The van der Waals surface area contributed by atoms with Gasteiger partial charge in [0, 0.05) is 6.07 Å². The molecule has 0 fully saturated rings. The fraction of sp³-hybridized carbons (Fsp3) is 0.214. The Labute approximate surface area is 135 Å². The van der Waals surface area contributed by atoms with Gasteiger partial charge in [0.2, 0.25) is 0 Å². The van der Waals surface area contributed by atoms with E-state index < -0.39 is 11.2 Å². The van der Waals surface area contributed by atoms with Crippen LogP contribution in [0.3, 0.4) is 0 Å². The van der Waals surface area contributed by atoms with Crippen LogP contribution in [0.5, 0.6) is 5.75 Å². The number of hydrogen-bond acceptors (Lipinski definition) is 7. The SMILES string of the molecule is COc1cccc(-n2nnc3c(S[C@@H](C)C(=O)O)ncnc32)c1. The van der Waals surface area contributed by atoms with Gasteiger partial charge in [-0.25, -0.2) is 9.97 Å². The number of carboxylic acid groups (broad SMARTS) is 1. The van der Waals surface area contributed by atoms with Crippen molar-refractivity contribution < 1.29 is 14.6 Å². The third kappa shape index (κ3) is 2.95. The number of thioether (sulfide) groups is 1. The van der Waals surface area contributed by atoms with E-state index in [2.05, 4.69) is 20.3 Å². The first-order chi connectivity index (χ1) is 11.1. The summed E-state index contributed by atoms with van der Waals surface area (Å²) in [6.45, 7) is 1.59. The third-order valence-electron chi connectivity index (χ3n) is 3.14. The summed E-state index contributed by atoms with van der Waals surface area (Å²) in [7, 11) is 1.59. The van der Waals surface area contributed by atoms with Gasteiger partial charge in [0.15, 0.2) is 11.2 Å². The van der Waals surface area contributed by atoms with Gasteiger partial charge in [-0.1, -0.05) is 23.0 Å². The van der Waals surface area contributed by atoms with Crippen LogP contribution in [-0.4, -0.2) is 48.4 Å². The van der Waals surface area contributed by atoms with Crippen LogP contribution in [0, 0.1) is 0 Å². The molecule has 3 aromatic rings. The van der Waals surface area contributed by atoms with E-state index in [0.717, 1.165) is 17.4 Å². The third-order valence-corrected chi connectivity index (χ3v) is 4.22. The smallest absolute Gasteiger partial charge is 0.316 e. The minimum Gasteiger partial charge on any atom is -0.497 e. The first kappa shape index (κ1) is 15.2. The van der Waals surface area contributed by atoms with E-state index in [4.69, 9.17) is 9.84 Å². The Morgan fingerprint density at radius 3 is 2.96 bits per heavy atom. The van der Waals surface area contributed by atoms with Gasteiger partial charge >= 0.3 is 5.97 Å². The molecule has 2 aromatic heterocycles. The fourth-order valence-electron chi connectivity index (χ4n) is 1.95. The van der Waals surface area contributed by atoms with Crippen molar-refractivity contribution in [2.24, 2.45) is 0 Å². The Kier molecular flexibility index (Phi) is 4.11. The standard InChI is InChI=1S/C14H13N5O3S/c1-8(14(20)21)23-13-11-12(15-7-16-13)19(18-17-11)9-4-3-5-10(6-9)22-2/h3-8H,1-2H3,(H,20,21)/t8-/m0/s1. The van der Waals surface area contributed by atoms with Crippen LogP contribution in [0.25, 0.3) is 16.9 Å². The van der Waals surface area contributed by atoms with Crippen LogP contribution in [0.2, 0.25) is 0 Å². The van der Waals surface area contributed by atoms with Crippen LogP contribution in [0.1, 0.15) is 6.92 Å². The van der Waals surface area contributed by atoms with E-state index in [1.165, 1.54) is 6.33 Å². The number of carbonyl (C=O) groups is 1. The summed E-state index contributed by atoms with van der Waals surface area (Å²) in [6, 6.07) is 7.33. The average Bonchev–Trinajstić information content (AvgIpc) is 3.00. The molecule has 0 aliphatic rings. The van der Waals surface area contributed by atoms with Crippen molar-refractivity contribution in [1.82, 2.24) is 25.0 Å². The van der Waals surface area contributed by atoms with Crippen LogP contribution >= 0.6 is 11.8 Å². The second kappa shape index (κ2) is 6.21. The van der Waals surface area contributed by atoms with Gasteiger partial charge in [-0.15, -0.1) is 5.10 Å². The highest BCUT2D eigenvalue weighted by molar-refractivity contribution is 8.00. The molecule has 0 spiro atoms. The van der Waals surface area contributed by atoms with Gasteiger partial charge in [0.05, 0.1) is 12.8 Å². The second-order valence-electron chi connectivity index (χ2n) is 4.65. The van der Waals surface area contributed by atoms with Crippen LogP contribution < -0.4 is 4.74 Å². The largest absolute Gasteiger partial charge is 0.497 e. The number of fused-ring (bicyclic) bond motifs is 1. The predicted octanol–water partition coefficient (Wildman–Crippen LogP) is 1.78. The number of benzene rings is 1. The molecule has 0 bridgehead atoms. The Balaban J connectivity index is 2.06. The molecule has 118 valence electrons. The van der Waals surface area contributed by atoms with Gasteiger partial charge in [0.1, 0.15) is 22.4 Å². The van der Waals surface area contributed by atoms with Gasteiger partial charge in [0.25, 0.3) is 0 Å². The topological polar surface area (TPSA) is 103 Å². The van der Waals surface area contributed by atoms with Crippen molar-refractivity contribution in [3.05, 3.63) is 30.6 Å². The molecule has 1 atom stereocenters. The van der Waals surface area contributed by atoms with E-state index in [-0.39, 0.29) is 0 Å². The molecule has 0 amide bonds. The minimum absolute atomic E-state index is 0.466. The summed E-state index contributed by atoms with van der Waals surface area (Å²) in [5.74, 6) is -0.226. The lowest BCUT2D eigenvalue weighted by atomic mass is 10.3. The van der Waals surface area contributed by atoms with Crippen LogP contribution in [0.4, 0.5) is 0 Å². The molecule has 0 unspecified atom stereocenters. The van der Waals surface area contributed by atoms with Crippen molar-refractivity contribution in [2.75, 3.05) is 7.11 Å². The van der Waals surface area contributed by atoms with E-state index in [1.807, 2.05) is 24.3 Å². The van der Waals surface area contributed by atoms with Gasteiger partial charge in [-0.3, -0.25) is 4.79 Å². The number of aromatic nitrogens is 5. The molecule has 1 aromatic carbocycles. The second-order valence-corrected chi connectivity index (χ2v) is 5.98. The van der Waals surface area contributed by atoms with Gasteiger partial charge in [-0.2, -0.15) is 4.68 Å². The maximum absolute atomic E-state index is 11.0. The quantitative estimate of drug-likeness (QED) is 0.557. The first-order valence-electron chi connectivity index (χ1n) is 6.70. The summed E-state index contributed by atoms with van der Waals surface area (Å²) in [6.07, 6.45) is 1.37. The van der Waals surface area contributed by atoms with Crippen molar-refractivity contribution in [1.29, 1.82) is 0 Å². The first-order valence-corrected chi connectivity index (χ1v) is 7.58. The Morgan fingerprint density at radius 1 is 1.39 bits per heavy atom. The number of hydrogen-bond donors (Lipinski definition) is 1. The average molecular weight is 331 g/mol. The molecular weight excluding hydrogens is 318 g/mol. The molecule has 9 heteroatoms. The van der Waals surface area contributed by atoms with E-state index in [9.17, 15) is 4.79 Å². The fourth-order valence-corrected chi connectivity index (χ4v) is 2.74. The summed E-state index contributed by atoms with van der Waals surface area (Å²) in [5.41, 5.74) is 1.72. The molecule has 0 aliphatic carbocycles. The summed E-state index contributed by atoms with van der Waals surface area (Å²) >= 11 is 1.11. The number of nitrogens with zero attached hydrogens (tertiary/aromatic N) is 5. The molecule has 0 saturated heterocycles. The molecule has 0 aliphatic heterocycles. The zero-order valence-electron chi connectivity index (χ0n) is 12.4. The maximum atomic E-state index is 11.0. The zero-order valence-corrected chi connectivity index (χ0v) is 13.2. The van der Waals surface area contributed by atoms with Crippen molar-refractivity contribution >= 4 is 28.9 Å². The normalized spacial score (nSPS) is 12.3. The summed E-state index contributed by atoms with van der Waals surface area (Å²) in [5, 5.41) is 17.1. The summed E-state index contributed by atoms with van der Waals surface area (Å²) < 4.78 is 6.77. The van der Waals surface area contributed by atoms with Crippen molar-refractivity contribution in [3.8, 4) is 11.4 Å². The number of ether oxygens (including phenoxy) is 1. The van der Waals surface area contributed by atoms with E-state index in [0.29, 0.717) is 21.9 Å². The molecule has 3 rings (SSSR count). The van der Waals surface area contributed by atoms with E-state index >= 15 is 0 Å². The molecule has 8 nitrogen and oxygen atoms in total. The minimum atomic E-state index is -0.915. The highest BCUT2D eigenvalue weighted by Gasteiger charge is 2.19. The number of methoxy groups -OCH3 is 1. The maximum Gasteiger partial charge on any atom is 0.316 e. The van der Waals surface area contributed by atoms with Gasteiger partial charge < -0.3 is 9.84 Å². The lowest BCUT2D eigenvalue weighted by Gasteiger charge is -2.06. The monoisotopic (exact) mass is 331 g/mol. The Bertz CT molecular complexity index is 866. The molecule has 2 heterocycles. The molecule has 1 N–H and O–H groups in total. The van der Waals surface area contributed by atoms with Crippen LogP contribution in [0.15, 0.2) is 35.6 Å². The highest BCUT2D eigenvalue weighted by Crippen LogP contribution is 2.27. The number of carboxylic acids is 1. The zero-order chi connectivity index (χ0) is 16.4. The predicted molar refractivity (Wildman–Crippen MR) is 84.0 cm³/mol. The lowest BCUT2D eigenvalue weighted by Crippen LogP contribution is -2.11.